The summed E-state index contributed by atoms with van der Waals surface area (Å²) in [5.41, 5.74) is 0.222. The smallest absolute Gasteiger partial charge is 0.230 e. The van der Waals surface area contributed by atoms with Crippen LogP contribution in [0.4, 0.5) is 4.39 Å². The molecule has 2 heterocycles. The molecule has 1 aromatic carbocycles. The number of halogens is 1. The molecule has 3 fully saturated rings. The Balaban J connectivity index is 1.35. The van der Waals surface area contributed by atoms with Gasteiger partial charge in [-0.1, -0.05) is 18.2 Å². The van der Waals surface area contributed by atoms with Gasteiger partial charge in [0.15, 0.2) is 0 Å². The Morgan fingerprint density at radius 3 is 2.77 bits per heavy atom. The van der Waals surface area contributed by atoms with E-state index >= 15 is 0 Å². The zero-order valence-corrected chi connectivity index (χ0v) is 15.3. The fraction of sp³-hybridized carbons (Fsp3) is 0.619. The average molecular weight is 358 g/mol. The van der Waals surface area contributed by atoms with E-state index in [2.05, 4.69) is 4.90 Å². The van der Waals surface area contributed by atoms with Gasteiger partial charge in [0.25, 0.3) is 0 Å². The molecule has 26 heavy (non-hydrogen) atoms. The number of nitrogens with zero attached hydrogens (tertiary/aromatic N) is 2. The van der Waals surface area contributed by atoms with E-state index in [0.29, 0.717) is 37.4 Å². The van der Waals surface area contributed by atoms with Gasteiger partial charge in [-0.15, -0.1) is 0 Å². The summed E-state index contributed by atoms with van der Waals surface area (Å²) in [5.74, 6) is 0.752. The summed E-state index contributed by atoms with van der Waals surface area (Å²) in [6, 6.07) is 6.62. The van der Waals surface area contributed by atoms with Crippen LogP contribution in [0.1, 0.15) is 44.1 Å². The van der Waals surface area contributed by atoms with E-state index in [1.165, 1.54) is 18.9 Å². The van der Waals surface area contributed by atoms with Crippen LogP contribution in [0.15, 0.2) is 24.3 Å². The molecule has 1 spiro atoms. The zero-order valence-electron chi connectivity index (χ0n) is 15.3. The van der Waals surface area contributed by atoms with E-state index in [1.54, 1.807) is 18.2 Å². The number of amides is 2. The molecule has 140 valence electrons. The molecule has 4 nitrogen and oxygen atoms in total. The minimum absolute atomic E-state index is 0.0391. The van der Waals surface area contributed by atoms with Gasteiger partial charge in [-0.3, -0.25) is 9.59 Å². The average Bonchev–Trinajstić information content (AvgIpc) is 3.36. The molecule has 2 saturated heterocycles. The van der Waals surface area contributed by atoms with Gasteiger partial charge in [0.05, 0.1) is 5.41 Å². The molecular weight excluding hydrogens is 331 g/mol. The molecule has 1 aromatic rings. The third-order valence-electron chi connectivity index (χ3n) is 6.27. The van der Waals surface area contributed by atoms with Crippen LogP contribution < -0.4 is 0 Å². The number of hydrogen-bond donors (Lipinski definition) is 0. The second-order valence-electron chi connectivity index (χ2n) is 8.24. The predicted octanol–water partition coefficient (Wildman–Crippen LogP) is 3.01. The Bertz CT molecular complexity index is 703. The molecule has 0 radical (unpaired) electrons. The van der Waals surface area contributed by atoms with Gasteiger partial charge >= 0.3 is 0 Å². The number of rotatable bonds is 5. The summed E-state index contributed by atoms with van der Waals surface area (Å²) in [5, 5.41) is 0. The van der Waals surface area contributed by atoms with E-state index < -0.39 is 0 Å². The Morgan fingerprint density at radius 1 is 1.19 bits per heavy atom. The molecule has 0 aromatic heterocycles. The first-order valence-corrected chi connectivity index (χ1v) is 9.88. The number of carbonyl (C=O) groups is 2. The molecule has 3 aliphatic rings. The number of benzene rings is 1. The highest BCUT2D eigenvalue weighted by Gasteiger charge is 2.49. The summed E-state index contributed by atoms with van der Waals surface area (Å²) in [4.78, 5) is 29.5. The Kier molecular flexibility index (Phi) is 4.72. The van der Waals surface area contributed by atoms with Gasteiger partial charge in [0.1, 0.15) is 5.82 Å². The van der Waals surface area contributed by atoms with E-state index in [1.807, 2.05) is 4.90 Å². The standard InChI is InChI=1S/C21H27FN2O2/c22-18-5-2-1-4-17(18)8-9-19(25)24-13-11-21(15-24)10-3-12-23(20(21)26)14-16-6-7-16/h1-2,4-5,16H,3,6-15H2/t21-/m1/s1. The second-order valence-corrected chi connectivity index (χ2v) is 8.24. The molecule has 0 bridgehead atoms. The maximum absolute atomic E-state index is 13.7. The van der Waals surface area contributed by atoms with Crippen LogP contribution in [0.2, 0.25) is 0 Å². The van der Waals surface area contributed by atoms with Gasteiger partial charge in [-0.25, -0.2) is 4.39 Å². The molecule has 5 heteroatoms. The van der Waals surface area contributed by atoms with Crippen molar-refractivity contribution in [2.75, 3.05) is 26.2 Å². The third kappa shape index (κ3) is 3.49. The highest BCUT2D eigenvalue weighted by atomic mass is 19.1. The summed E-state index contributed by atoms with van der Waals surface area (Å²) in [6.07, 6.45) is 5.92. The van der Waals surface area contributed by atoms with E-state index in [9.17, 15) is 14.0 Å². The lowest BCUT2D eigenvalue weighted by molar-refractivity contribution is -0.146. The maximum Gasteiger partial charge on any atom is 0.230 e. The minimum atomic E-state index is -0.360. The highest BCUT2D eigenvalue weighted by molar-refractivity contribution is 5.86. The Hall–Kier alpha value is -1.91. The lowest BCUT2D eigenvalue weighted by atomic mass is 9.78. The van der Waals surface area contributed by atoms with Crippen molar-refractivity contribution in [3.8, 4) is 0 Å². The van der Waals surface area contributed by atoms with Crippen LogP contribution in [-0.2, 0) is 16.0 Å². The van der Waals surface area contributed by atoms with Crippen LogP contribution in [0.5, 0.6) is 0 Å². The normalized spacial score (nSPS) is 26.0. The summed E-state index contributed by atoms with van der Waals surface area (Å²) >= 11 is 0. The number of likely N-dealkylation sites (tertiary alicyclic amines) is 2. The van der Waals surface area contributed by atoms with Crippen molar-refractivity contribution in [3.05, 3.63) is 35.6 Å². The van der Waals surface area contributed by atoms with Crippen LogP contribution in [0.25, 0.3) is 0 Å². The number of carbonyl (C=O) groups excluding carboxylic acids is 2. The van der Waals surface area contributed by atoms with Crippen molar-refractivity contribution in [2.45, 2.75) is 44.9 Å². The molecule has 0 N–H and O–H groups in total. The summed E-state index contributed by atoms with van der Waals surface area (Å²) in [6.45, 7) is 2.97. The van der Waals surface area contributed by atoms with Crippen LogP contribution in [0, 0.1) is 17.2 Å². The molecule has 0 unspecified atom stereocenters. The third-order valence-corrected chi connectivity index (χ3v) is 6.27. The lowest BCUT2D eigenvalue weighted by Gasteiger charge is -2.39. The van der Waals surface area contributed by atoms with Crippen molar-refractivity contribution in [1.29, 1.82) is 0 Å². The maximum atomic E-state index is 13.7. The zero-order chi connectivity index (χ0) is 18.1. The first kappa shape index (κ1) is 17.5. The first-order chi connectivity index (χ1) is 12.6. The van der Waals surface area contributed by atoms with Crippen LogP contribution >= 0.6 is 0 Å². The second kappa shape index (κ2) is 7.01. The summed E-state index contributed by atoms with van der Waals surface area (Å²) < 4.78 is 13.7. The topological polar surface area (TPSA) is 40.6 Å². The van der Waals surface area contributed by atoms with E-state index in [0.717, 1.165) is 32.4 Å². The molecule has 1 saturated carbocycles. The number of hydrogen-bond acceptors (Lipinski definition) is 2. The van der Waals surface area contributed by atoms with Gasteiger partial charge in [0.2, 0.25) is 11.8 Å². The van der Waals surface area contributed by atoms with Crippen molar-refractivity contribution < 1.29 is 14.0 Å². The summed E-state index contributed by atoms with van der Waals surface area (Å²) in [7, 11) is 0. The minimum Gasteiger partial charge on any atom is -0.342 e. The van der Waals surface area contributed by atoms with Crippen molar-refractivity contribution in [3.63, 3.8) is 0 Å². The van der Waals surface area contributed by atoms with Crippen molar-refractivity contribution in [2.24, 2.45) is 11.3 Å². The largest absolute Gasteiger partial charge is 0.342 e. The lowest BCUT2D eigenvalue weighted by Crippen LogP contribution is -2.50. The molecule has 1 atom stereocenters. The molecule has 2 amide bonds. The van der Waals surface area contributed by atoms with Gasteiger partial charge in [-0.2, -0.15) is 0 Å². The Labute approximate surface area is 154 Å². The van der Waals surface area contributed by atoms with E-state index in [4.69, 9.17) is 0 Å². The molecule has 4 rings (SSSR count). The fourth-order valence-corrected chi connectivity index (χ4v) is 4.50. The molecular formula is C21H27FN2O2. The van der Waals surface area contributed by atoms with Crippen molar-refractivity contribution >= 4 is 11.8 Å². The number of piperidine rings is 1. The monoisotopic (exact) mass is 358 g/mol. The molecule has 1 aliphatic carbocycles. The van der Waals surface area contributed by atoms with Gasteiger partial charge in [0, 0.05) is 32.6 Å². The molecule has 2 aliphatic heterocycles. The SMILES string of the molecule is O=C(CCc1ccccc1F)N1CC[C@]2(CCCN(CC3CC3)C2=O)C1. The van der Waals surface area contributed by atoms with Gasteiger partial charge in [-0.05, 0) is 56.1 Å². The number of aryl methyl sites for hydroxylation is 1. The highest BCUT2D eigenvalue weighted by Crippen LogP contribution is 2.41. The Morgan fingerprint density at radius 2 is 2.00 bits per heavy atom. The predicted molar refractivity (Wildman–Crippen MR) is 96.9 cm³/mol. The fourth-order valence-electron chi connectivity index (χ4n) is 4.50. The van der Waals surface area contributed by atoms with E-state index in [-0.39, 0.29) is 23.0 Å². The first-order valence-electron chi connectivity index (χ1n) is 9.88. The van der Waals surface area contributed by atoms with Crippen molar-refractivity contribution in [1.82, 2.24) is 9.80 Å². The quantitative estimate of drug-likeness (QED) is 0.812. The van der Waals surface area contributed by atoms with Crippen LogP contribution in [-0.4, -0.2) is 47.8 Å². The van der Waals surface area contributed by atoms with Gasteiger partial charge < -0.3 is 9.80 Å². The van der Waals surface area contributed by atoms with Crippen LogP contribution in [0.3, 0.4) is 0 Å².